The molecule has 0 aliphatic carbocycles. The highest BCUT2D eigenvalue weighted by molar-refractivity contribution is 5.91. The number of nitrogens with one attached hydrogen (secondary N) is 1. The number of benzene rings is 2. The summed E-state index contributed by atoms with van der Waals surface area (Å²) in [4.78, 5) is 11.9. The van der Waals surface area contributed by atoms with Gasteiger partial charge in [0.15, 0.2) is 0 Å². The maximum atomic E-state index is 13.3. The molecule has 0 radical (unpaired) electrons. The molecule has 5 heteroatoms. The van der Waals surface area contributed by atoms with Gasteiger partial charge >= 0.3 is 5.97 Å². The third kappa shape index (κ3) is 4.31. The van der Waals surface area contributed by atoms with Gasteiger partial charge in [-0.2, -0.15) is 0 Å². The molecule has 0 unspecified atom stereocenters. The van der Waals surface area contributed by atoms with Crippen LogP contribution in [0.5, 0.6) is 0 Å². The van der Waals surface area contributed by atoms with Gasteiger partial charge in [-0.05, 0) is 44.0 Å². The lowest BCUT2D eigenvalue weighted by molar-refractivity contribution is 0.0694. The number of carboxylic acid groups (broad SMARTS) is 1. The summed E-state index contributed by atoms with van der Waals surface area (Å²) in [5.41, 5.74) is 5.93. The number of halogens is 1. The van der Waals surface area contributed by atoms with E-state index in [4.69, 9.17) is 0 Å². The third-order valence-corrected chi connectivity index (χ3v) is 5.07. The number of hydrogen-bond acceptors (Lipinski definition) is 2. The Bertz CT molecular complexity index is 1010. The van der Waals surface area contributed by atoms with Crippen molar-refractivity contribution >= 4 is 5.97 Å². The summed E-state index contributed by atoms with van der Waals surface area (Å²) < 4.78 is 15.4. The lowest BCUT2D eigenvalue weighted by Gasteiger charge is -2.11. The number of aryl methyl sites for hydroxylation is 1. The Hall–Kier alpha value is -2.92. The van der Waals surface area contributed by atoms with Crippen molar-refractivity contribution in [1.82, 2.24) is 9.88 Å². The summed E-state index contributed by atoms with van der Waals surface area (Å²) in [6.07, 6.45) is 0. The second-order valence-corrected chi connectivity index (χ2v) is 7.14. The fourth-order valence-corrected chi connectivity index (χ4v) is 3.66. The molecule has 2 N–H and O–H groups in total. The third-order valence-electron chi connectivity index (χ3n) is 5.07. The molecule has 0 fully saturated rings. The first-order chi connectivity index (χ1) is 13.4. The van der Waals surface area contributed by atoms with Gasteiger partial charge in [0.1, 0.15) is 5.82 Å². The molecule has 0 aliphatic heterocycles. The summed E-state index contributed by atoms with van der Waals surface area (Å²) in [6, 6.07) is 14.6. The minimum atomic E-state index is -0.925. The zero-order valence-electron chi connectivity index (χ0n) is 16.4. The molecule has 146 valence electrons. The van der Waals surface area contributed by atoms with Gasteiger partial charge in [0.25, 0.3) is 0 Å². The van der Waals surface area contributed by atoms with Crippen LogP contribution in [0, 0.1) is 26.6 Å². The summed E-state index contributed by atoms with van der Waals surface area (Å²) in [6.45, 7) is 7.35. The largest absolute Gasteiger partial charge is 0.478 e. The lowest BCUT2D eigenvalue weighted by Crippen LogP contribution is -2.15. The van der Waals surface area contributed by atoms with E-state index in [0.29, 0.717) is 25.2 Å². The van der Waals surface area contributed by atoms with Crippen molar-refractivity contribution in [3.8, 4) is 0 Å². The highest BCUT2D eigenvalue weighted by Crippen LogP contribution is 2.24. The van der Waals surface area contributed by atoms with Gasteiger partial charge in [-0.25, -0.2) is 9.18 Å². The fraction of sp³-hybridized carbons (Fsp3) is 0.261. The predicted molar refractivity (Wildman–Crippen MR) is 108 cm³/mol. The number of carboxylic acids is 1. The topological polar surface area (TPSA) is 54.3 Å². The van der Waals surface area contributed by atoms with E-state index in [0.717, 1.165) is 28.1 Å². The van der Waals surface area contributed by atoms with E-state index in [1.165, 1.54) is 17.7 Å². The highest BCUT2D eigenvalue weighted by atomic mass is 19.1. The molecule has 0 saturated carbocycles. The number of aromatic carboxylic acids is 1. The first-order valence-corrected chi connectivity index (χ1v) is 9.29. The van der Waals surface area contributed by atoms with Crippen LogP contribution >= 0.6 is 0 Å². The van der Waals surface area contributed by atoms with Crippen molar-refractivity contribution in [2.24, 2.45) is 0 Å². The van der Waals surface area contributed by atoms with Gasteiger partial charge in [0.05, 0.1) is 5.56 Å². The Labute approximate surface area is 164 Å². The Morgan fingerprint density at radius 1 is 1.00 bits per heavy atom. The molecule has 1 heterocycles. The van der Waals surface area contributed by atoms with Crippen LogP contribution in [0.1, 0.15) is 44.0 Å². The highest BCUT2D eigenvalue weighted by Gasteiger charge is 2.22. The lowest BCUT2D eigenvalue weighted by atomic mass is 10.1. The minimum Gasteiger partial charge on any atom is -0.478 e. The molecule has 2 aromatic carbocycles. The Morgan fingerprint density at radius 2 is 1.71 bits per heavy atom. The molecule has 0 amide bonds. The first-order valence-electron chi connectivity index (χ1n) is 9.29. The van der Waals surface area contributed by atoms with Crippen molar-refractivity contribution in [3.63, 3.8) is 0 Å². The molecule has 3 rings (SSSR count). The molecule has 0 aliphatic rings. The second kappa shape index (κ2) is 8.40. The van der Waals surface area contributed by atoms with Crippen molar-refractivity contribution in [3.05, 3.63) is 93.6 Å². The molecule has 3 aromatic rings. The van der Waals surface area contributed by atoms with Crippen LogP contribution in [0.3, 0.4) is 0 Å². The number of rotatable bonds is 7. The second-order valence-electron chi connectivity index (χ2n) is 7.14. The van der Waals surface area contributed by atoms with Crippen LogP contribution in [0.15, 0.2) is 48.5 Å². The van der Waals surface area contributed by atoms with Gasteiger partial charge in [0.2, 0.25) is 0 Å². The van der Waals surface area contributed by atoms with Crippen LogP contribution in [-0.4, -0.2) is 15.6 Å². The average Bonchev–Trinajstić information content (AvgIpc) is 2.86. The molecule has 1 aromatic heterocycles. The number of nitrogens with zero attached hydrogens (tertiary/aromatic N) is 1. The van der Waals surface area contributed by atoms with E-state index < -0.39 is 5.97 Å². The van der Waals surface area contributed by atoms with E-state index in [1.54, 1.807) is 6.07 Å². The van der Waals surface area contributed by atoms with E-state index >= 15 is 0 Å². The van der Waals surface area contributed by atoms with E-state index in [9.17, 15) is 14.3 Å². The Kier molecular flexibility index (Phi) is 5.95. The molecule has 0 atom stereocenters. The number of hydrogen-bond donors (Lipinski definition) is 2. The number of carbonyl (C=O) groups is 1. The van der Waals surface area contributed by atoms with Crippen LogP contribution in [-0.2, 0) is 19.6 Å². The van der Waals surface area contributed by atoms with E-state index in [-0.39, 0.29) is 5.82 Å². The van der Waals surface area contributed by atoms with Crippen LogP contribution in [0.25, 0.3) is 0 Å². The van der Waals surface area contributed by atoms with Crippen molar-refractivity contribution in [1.29, 1.82) is 0 Å². The maximum Gasteiger partial charge on any atom is 0.337 e. The van der Waals surface area contributed by atoms with E-state index in [1.807, 2.05) is 45.0 Å². The van der Waals surface area contributed by atoms with Crippen LogP contribution in [0.2, 0.25) is 0 Å². The summed E-state index contributed by atoms with van der Waals surface area (Å²) >= 11 is 0. The van der Waals surface area contributed by atoms with Gasteiger partial charge < -0.3 is 15.0 Å². The standard InChI is InChI=1S/C23H25FN2O2/c1-15-6-4-8-19(10-15)14-26-16(2)21(22(17(26)3)23(27)28)13-25-12-18-7-5-9-20(24)11-18/h4-11,25H,12-14H2,1-3H3,(H,27,28). The maximum absolute atomic E-state index is 13.3. The van der Waals surface area contributed by atoms with E-state index in [2.05, 4.69) is 16.0 Å². The van der Waals surface area contributed by atoms with Gasteiger partial charge in [-0.3, -0.25) is 0 Å². The zero-order chi connectivity index (χ0) is 20.3. The van der Waals surface area contributed by atoms with Crippen LogP contribution in [0.4, 0.5) is 4.39 Å². The summed E-state index contributed by atoms with van der Waals surface area (Å²) in [7, 11) is 0. The van der Waals surface area contributed by atoms with Gasteiger partial charge in [-0.1, -0.05) is 42.0 Å². The molecule has 0 saturated heterocycles. The molecular formula is C23H25FN2O2. The van der Waals surface area contributed by atoms with Crippen LogP contribution < -0.4 is 5.32 Å². The zero-order valence-corrected chi connectivity index (χ0v) is 16.4. The van der Waals surface area contributed by atoms with Crippen molar-refractivity contribution in [2.45, 2.75) is 40.4 Å². The summed E-state index contributed by atoms with van der Waals surface area (Å²) in [5.74, 6) is -1.20. The number of aromatic nitrogens is 1. The Balaban J connectivity index is 1.84. The quantitative estimate of drug-likeness (QED) is 0.630. The molecule has 4 nitrogen and oxygen atoms in total. The van der Waals surface area contributed by atoms with Crippen molar-refractivity contribution in [2.75, 3.05) is 0 Å². The molecule has 28 heavy (non-hydrogen) atoms. The normalized spacial score (nSPS) is 11.0. The first kappa shape index (κ1) is 19.8. The molecule has 0 bridgehead atoms. The predicted octanol–water partition coefficient (Wildman–Crippen LogP) is 4.59. The monoisotopic (exact) mass is 380 g/mol. The van der Waals surface area contributed by atoms with Gasteiger partial charge in [0, 0.05) is 36.6 Å². The Morgan fingerprint density at radius 3 is 2.39 bits per heavy atom. The summed E-state index contributed by atoms with van der Waals surface area (Å²) in [5, 5.41) is 13.0. The smallest absolute Gasteiger partial charge is 0.337 e. The fourth-order valence-electron chi connectivity index (χ4n) is 3.66. The van der Waals surface area contributed by atoms with Gasteiger partial charge in [-0.15, -0.1) is 0 Å². The molecular weight excluding hydrogens is 355 g/mol. The molecule has 0 spiro atoms. The minimum absolute atomic E-state index is 0.276. The SMILES string of the molecule is Cc1cccc(Cn2c(C)c(CNCc3cccc(F)c3)c(C(=O)O)c2C)c1. The van der Waals surface area contributed by atoms with Crippen molar-refractivity contribution < 1.29 is 14.3 Å². The average molecular weight is 380 g/mol.